The Hall–Kier alpha value is -1.89. The molecule has 1 aromatic carbocycles. The Morgan fingerprint density at radius 3 is 2.38 bits per heavy atom. The molecular weight excluding hydrogens is 290 g/mol. The largest absolute Gasteiger partial charge is 0.269 e. The molecule has 0 amide bonds. The molecule has 0 bridgehead atoms. The number of allylic oxidation sites excluding steroid dienone is 2. The van der Waals surface area contributed by atoms with Crippen molar-refractivity contribution in [1.82, 2.24) is 0 Å². The van der Waals surface area contributed by atoms with Crippen molar-refractivity contribution in [1.29, 1.82) is 0 Å². The molecule has 0 aliphatic heterocycles. The predicted octanol–water partition coefficient (Wildman–Crippen LogP) is 6.24. The van der Waals surface area contributed by atoms with E-state index in [1.807, 2.05) is 6.08 Å². The van der Waals surface area contributed by atoms with Crippen molar-refractivity contribution in [3.8, 4) is 0 Å². The molecule has 1 heteroatoms. The highest BCUT2D eigenvalue weighted by molar-refractivity contribution is 5.69. The minimum atomic E-state index is 0.615. The smallest absolute Gasteiger partial charge is 0.0433 e. The highest BCUT2D eigenvalue weighted by Crippen LogP contribution is 2.39. The fourth-order valence-corrected chi connectivity index (χ4v) is 3.74. The Bertz CT molecular complexity index is 688. The molecule has 0 N–H and O–H groups in total. The third-order valence-corrected chi connectivity index (χ3v) is 5.47. The molecule has 1 saturated carbocycles. The van der Waals surface area contributed by atoms with Crippen LogP contribution >= 0.6 is 0 Å². The van der Waals surface area contributed by atoms with Crippen LogP contribution in [0.2, 0.25) is 0 Å². The minimum absolute atomic E-state index is 0.615. The molecule has 0 heterocycles. The Morgan fingerprint density at radius 2 is 1.83 bits per heavy atom. The van der Waals surface area contributed by atoms with Gasteiger partial charge in [-0.05, 0) is 79.5 Å². The summed E-state index contributed by atoms with van der Waals surface area (Å²) in [5.74, 6) is 1.24. The molecule has 1 nitrogen and oxygen atoms in total. The van der Waals surface area contributed by atoms with Crippen molar-refractivity contribution in [2.45, 2.75) is 51.9 Å². The normalized spacial score (nSPS) is 19.9. The summed E-state index contributed by atoms with van der Waals surface area (Å²) in [4.78, 5) is 4.25. The lowest BCUT2D eigenvalue weighted by Gasteiger charge is -2.12. The topological polar surface area (TPSA) is 12.4 Å². The van der Waals surface area contributed by atoms with Gasteiger partial charge in [0, 0.05) is 11.6 Å². The first-order valence-corrected chi connectivity index (χ1v) is 9.30. The van der Waals surface area contributed by atoms with Crippen LogP contribution in [0.1, 0.15) is 61.3 Å². The first-order chi connectivity index (χ1) is 11.7. The Morgan fingerprint density at radius 1 is 1.17 bits per heavy atom. The molecule has 0 saturated heterocycles. The summed E-state index contributed by atoms with van der Waals surface area (Å²) < 4.78 is 0. The molecule has 1 unspecified atom stereocenters. The maximum atomic E-state index is 4.36. The maximum Gasteiger partial charge on any atom is 0.0433 e. The molecular formula is C23H29N. The second-order valence-corrected chi connectivity index (χ2v) is 7.32. The van der Waals surface area contributed by atoms with Gasteiger partial charge < -0.3 is 0 Å². The average Bonchev–Trinajstić information content (AvgIpc) is 3.35. The lowest BCUT2D eigenvalue weighted by atomic mass is 9.93. The Labute approximate surface area is 146 Å². The van der Waals surface area contributed by atoms with Crippen LogP contribution in [0.5, 0.6) is 0 Å². The average molecular weight is 319 g/mol. The van der Waals surface area contributed by atoms with Gasteiger partial charge in [-0.2, -0.15) is 0 Å². The zero-order valence-electron chi connectivity index (χ0n) is 15.0. The molecule has 0 spiro atoms. The van der Waals surface area contributed by atoms with Crippen LogP contribution in [-0.4, -0.2) is 6.72 Å². The van der Waals surface area contributed by atoms with Crippen LogP contribution < -0.4 is 0 Å². The van der Waals surface area contributed by atoms with Gasteiger partial charge in [0.05, 0.1) is 0 Å². The first kappa shape index (κ1) is 17.0. The zero-order chi connectivity index (χ0) is 17.1. The number of fused-ring (bicyclic) bond motifs is 1. The van der Waals surface area contributed by atoms with Gasteiger partial charge in [-0.15, -0.1) is 0 Å². The number of hydrogen-bond acceptors (Lipinski definition) is 1. The molecule has 0 aromatic heterocycles. The van der Waals surface area contributed by atoms with Crippen molar-refractivity contribution in [3.63, 3.8) is 0 Å². The van der Waals surface area contributed by atoms with E-state index in [0.717, 1.165) is 18.5 Å². The number of rotatable bonds is 8. The van der Waals surface area contributed by atoms with Gasteiger partial charge in [-0.1, -0.05) is 50.3 Å². The van der Waals surface area contributed by atoms with E-state index >= 15 is 0 Å². The number of unbranched alkanes of at least 4 members (excludes halogenated alkanes) is 1. The Balaban J connectivity index is 1.84. The van der Waals surface area contributed by atoms with Gasteiger partial charge in [0.1, 0.15) is 0 Å². The molecule has 2 aliphatic rings. The van der Waals surface area contributed by atoms with E-state index in [1.165, 1.54) is 59.9 Å². The molecule has 1 fully saturated rings. The van der Waals surface area contributed by atoms with Gasteiger partial charge >= 0.3 is 0 Å². The molecule has 3 rings (SSSR count). The van der Waals surface area contributed by atoms with Crippen LogP contribution in [0, 0.1) is 11.8 Å². The summed E-state index contributed by atoms with van der Waals surface area (Å²) >= 11 is 0. The van der Waals surface area contributed by atoms with Crippen LogP contribution in [0.15, 0.2) is 41.6 Å². The SMILES string of the molecule is C=Cc1cc2c(cc1/C=C(\N=C)C1CC1)CC(C(=C)CCCC)C2. The standard InChI is InChI=1S/C23H29N/c1-5-7-8-16(3)19-12-20-11-17(6-2)22(14-21(20)13-19)15-23(24-4)18-9-10-18/h6,11,14-15,18-19H,2-5,7-10,12-13H2,1H3/b23-15-. The monoisotopic (exact) mass is 319 g/mol. The summed E-state index contributed by atoms with van der Waals surface area (Å²) in [5.41, 5.74) is 7.99. The zero-order valence-corrected chi connectivity index (χ0v) is 15.0. The van der Waals surface area contributed by atoms with Gasteiger partial charge in [-0.3, -0.25) is 4.99 Å². The van der Waals surface area contributed by atoms with Crippen molar-refractivity contribution >= 4 is 18.9 Å². The van der Waals surface area contributed by atoms with Crippen LogP contribution in [0.3, 0.4) is 0 Å². The lowest BCUT2D eigenvalue weighted by molar-refractivity contribution is 0.610. The fourth-order valence-electron chi connectivity index (χ4n) is 3.74. The second-order valence-electron chi connectivity index (χ2n) is 7.32. The van der Waals surface area contributed by atoms with Gasteiger partial charge in [0.15, 0.2) is 0 Å². The van der Waals surface area contributed by atoms with Crippen molar-refractivity contribution in [3.05, 3.63) is 58.8 Å². The molecule has 1 atom stereocenters. The van der Waals surface area contributed by atoms with E-state index in [1.54, 1.807) is 0 Å². The number of nitrogens with zero attached hydrogens (tertiary/aromatic N) is 1. The van der Waals surface area contributed by atoms with E-state index in [-0.39, 0.29) is 0 Å². The van der Waals surface area contributed by atoms with Crippen LogP contribution in [0.4, 0.5) is 0 Å². The van der Waals surface area contributed by atoms with E-state index < -0.39 is 0 Å². The van der Waals surface area contributed by atoms with E-state index in [2.05, 4.69) is 50.0 Å². The summed E-state index contributed by atoms with van der Waals surface area (Å²) in [6.07, 6.45) is 12.6. The first-order valence-electron chi connectivity index (χ1n) is 9.30. The molecule has 24 heavy (non-hydrogen) atoms. The van der Waals surface area contributed by atoms with Gasteiger partial charge in [-0.25, -0.2) is 0 Å². The Kier molecular flexibility index (Phi) is 5.18. The van der Waals surface area contributed by atoms with Crippen molar-refractivity contribution in [2.24, 2.45) is 16.8 Å². The number of hydrogen-bond donors (Lipinski definition) is 0. The van der Waals surface area contributed by atoms with E-state index in [9.17, 15) is 0 Å². The quantitative estimate of drug-likeness (QED) is 0.397. The summed E-state index contributed by atoms with van der Waals surface area (Å²) in [6, 6.07) is 4.68. The lowest BCUT2D eigenvalue weighted by Crippen LogP contribution is -2.02. The third-order valence-electron chi connectivity index (χ3n) is 5.47. The van der Waals surface area contributed by atoms with Crippen LogP contribution in [0.25, 0.3) is 12.2 Å². The summed E-state index contributed by atoms with van der Waals surface area (Å²) in [5, 5.41) is 0. The van der Waals surface area contributed by atoms with E-state index in [0.29, 0.717) is 11.8 Å². The summed E-state index contributed by atoms with van der Waals surface area (Å²) in [7, 11) is 0. The molecule has 0 radical (unpaired) electrons. The predicted molar refractivity (Wildman–Crippen MR) is 106 cm³/mol. The molecule has 2 aliphatic carbocycles. The van der Waals surface area contributed by atoms with Crippen molar-refractivity contribution < 1.29 is 0 Å². The minimum Gasteiger partial charge on any atom is -0.269 e. The third kappa shape index (κ3) is 3.61. The van der Waals surface area contributed by atoms with Crippen LogP contribution in [-0.2, 0) is 12.8 Å². The van der Waals surface area contributed by atoms with Gasteiger partial charge in [0.2, 0.25) is 0 Å². The van der Waals surface area contributed by atoms with Crippen molar-refractivity contribution in [2.75, 3.05) is 0 Å². The van der Waals surface area contributed by atoms with Gasteiger partial charge in [0.25, 0.3) is 0 Å². The molecule has 1 aromatic rings. The molecule has 126 valence electrons. The maximum absolute atomic E-state index is 4.36. The number of benzene rings is 1. The highest BCUT2D eigenvalue weighted by atomic mass is 14.7. The summed E-state index contributed by atoms with van der Waals surface area (Å²) in [6.45, 7) is 14.4. The van der Waals surface area contributed by atoms with E-state index in [4.69, 9.17) is 0 Å². The second kappa shape index (κ2) is 7.34. The fraction of sp³-hybridized carbons (Fsp3) is 0.435. The highest BCUT2D eigenvalue weighted by Gasteiger charge is 2.27. The number of aliphatic imine (C=N–C) groups is 1.